The van der Waals surface area contributed by atoms with Gasteiger partial charge in [0.1, 0.15) is 19.8 Å². The molecule has 11 heteroatoms. The minimum atomic E-state index is -0.761. The predicted octanol–water partition coefficient (Wildman–Crippen LogP) is 6.42. The summed E-state index contributed by atoms with van der Waals surface area (Å²) in [6.07, 6.45) is 1.68. The Labute approximate surface area is 272 Å². The Morgan fingerprint density at radius 3 is 1.83 bits per heavy atom. The molecular formula is C35H38N4O6S. The zero-order chi connectivity index (χ0) is 32.0. The van der Waals surface area contributed by atoms with E-state index in [2.05, 4.69) is 27.3 Å². The smallest absolute Gasteiger partial charge is 0.419 e. The summed E-state index contributed by atoms with van der Waals surface area (Å²) in [6.45, 7) is 2.06. The van der Waals surface area contributed by atoms with Gasteiger partial charge < -0.3 is 24.4 Å². The highest BCUT2D eigenvalue weighted by atomic mass is 32.1. The molecule has 0 saturated carbocycles. The van der Waals surface area contributed by atoms with Gasteiger partial charge in [-0.25, -0.2) is 19.3 Å². The van der Waals surface area contributed by atoms with E-state index in [1.807, 2.05) is 78.9 Å². The number of hydrogen-bond acceptors (Lipinski definition) is 9. The number of nitrogens with zero attached hydrogens (tertiary/aromatic N) is 3. The molecule has 1 N–H and O–H groups in total. The molecule has 3 amide bonds. The van der Waals surface area contributed by atoms with Crippen molar-refractivity contribution in [3.8, 4) is 0 Å². The number of amides is 3. The van der Waals surface area contributed by atoms with Crippen molar-refractivity contribution in [1.29, 1.82) is 0 Å². The van der Waals surface area contributed by atoms with Crippen molar-refractivity contribution in [2.45, 2.75) is 44.6 Å². The number of thiazole rings is 1. The Bertz CT molecular complexity index is 1460. The number of hydrogen-bond donors (Lipinski definition) is 1. The lowest BCUT2D eigenvalue weighted by Crippen LogP contribution is -2.57. The van der Waals surface area contributed by atoms with E-state index >= 15 is 0 Å². The van der Waals surface area contributed by atoms with Gasteiger partial charge in [-0.15, -0.1) is 11.3 Å². The van der Waals surface area contributed by atoms with E-state index in [-0.39, 0.29) is 26.4 Å². The van der Waals surface area contributed by atoms with Crippen LogP contribution in [0.25, 0.3) is 0 Å². The second kappa shape index (κ2) is 16.5. The first-order chi connectivity index (χ1) is 22.5. The summed E-state index contributed by atoms with van der Waals surface area (Å²) >= 11 is 1.44. The average Bonchev–Trinajstić information content (AvgIpc) is 3.62. The molecule has 1 saturated heterocycles. The fourth-order valence-electron chi connectivity index (χ4n) is 5.33. The summed E-state index contributed by atoms with van der Waals surface area (Å²) in [5.74, 6) is 0. The summed E-state index contributed by atoms with van der Waals surface area (Å²) in [5.41, 5.74) is 3.95. The summed E-state index contributed by atoms with van der Waals surface area (Å²) in [4.78, 5) is 47.3. The maximum atomic E-state index is 13.1. The summed E-state index contributed by atoms with van der Waals surface area (Å²) in [7, 11) is 0. The average molecular weight is 643 g/mol. The number of piperidine rings is 1. The molecular weight excluding hydrogens is 604 g/mol. The maximum Gasteiger partial charge on any atom is 0.419 e. The number of nitrogens with one attached hydrogen (secondary N) is 1. The lowest BCUT2D eigenvalue weighted by molar-refractivity contribution is 0.0607. The lowest BCUT2D eigenvalue weighted by atomic mass is 9.82. The Kier molecular flexibility index (Phi) is 11.7. The van der Waals surface area contributed by atoms with Crippen LogP contribution in [0.4, 0.5) is 14.4 Å². The molecule has 1 aliphatic rings. The quantitative estimate of drug-likeness (QED) is 0.176. The third kappa shape index (κ3) is 9.88. The number of carbonyl (C=O) groups excluding carboxylic acids is 3. The molecule has 4 aromatic rings. The minimum Gasteiger partial charge on any atom is -0.444 e. The van der Waals surface area contributed by atoms with Crippen LogP contribution < -0.4 is 5.32 Å². The van der Waals surface area contributed by atoms with Gasteiger partial charge in [0.2, 0.25) is 0 Å². The van der Waals surface area contributed by atoms with Gasteiger partial charge in [-0.3, -0.25) is 4.98 Å². The highest BCUT2D eigenvalue weighted by Crippen LogP contribution is 2.27. The van der Waals surface area contributed by atoms with Crippen LogP contribution in [-0.4, -0.2) is 64.8 Å². The van der Waals surface area contributed by atoms with Crippen molar-refractivity contribution >= 4 is 29.6 Å². The van der Waals surface area contributed by atoms with Crippen molar-refractivity contribution in [2.24, 2.45) is 0 Å². The number of alkyl carbamates (subject to hydrolysis) is 1. The molecule has 0 spiro atoms. The summed E-state index contributed by atoms with van der Waals surface area (Å²) < 4.78 is 16.5. The third-order valence-electron chi connectivity index (χ3n) is 7.89. The fourth-order valence-corrected chi connectivity index (χ4v) is 5.84. The molecule has 0 bridgehead atoms. The maximum absolute atomic E-state index is 13.1. The predicted molar refractivity (Wildman–Crippen MR) is 174 cm³/mol. The van der Waals surface area contributed by atoms with Crippen LogP contribution in [0.3, 0.4) is 0 Å². The van der Waals surface area contributed by atoms with Crippen LogP contribution in [0.15, 0.2) is 103 Å². The summed E-state index contributed by atoms with van der Waals surface area (Å²) in [5, 5.41) is 3.17. The molecule has 0 unspecified atom stereocenters. The number of aromatic nitrogens is 1. The van der Waals surface area contributed by atoms with Gasteiger partial charge in [0.15, 0.2) is 0 Å². The van der Waals surface area contributed by atoms with E-state index in [1.54, 1.807) is 11.7 Å². The fraction of sp³-hybridized carbons (Fsp3) is 0.314. The van der Waals surface area contributed by atoms with Gasteiger partial charge in [0, 0.05) is 37.9 Å². The molecule has 0 aliphatic carbocycles. The van der Waals surface area contributed by atoms with Crippen LogP contribution >= 0.6 is 11.3 Å². The van der Waals surface area contributed by atoms with Crippen LogP contribution in [0, 0.1) is 0 Å². The second-order valence-corrected chi connectivity index (χ2v) is 12.2. The number of ether oxygens (including phenoxy) is 3. The second-order valence-electron chi connectivity index (χ2n) is 11.2. The van der Waals surface area contributed by atoms with Gasteiger partial charge in [-0.2, -0.15) is 0 Å². The molecule has 240 valence electrons. The van der Waals surface area contributed by atoms with Crippen LogP contribution in [0.1, 0.15) is 34.4 Å². The summed E-state index contributed by atoms with van der Waals surface area (Å²) in [6, 6.07) is 28.7. The third-order valence-corrected chi connectivity index (χ3v) is 8.64. The Hall–Kier alpha value is -4.74. The molecule has 46 heavy (non-hydrogen) atoms. The van der Waals surface area contributed by atoms with Crippen molar-refractivity contribution in [2.75, 3.05) is 26.2 Å². The van der Waals surface area contributed by atoms with Gasteiger partial charge >= 0.3 is 18.3 Å². The normalized spacial score (nSPS) is 14.2. The Morgan fingerprint density at radius 2 is 1.30 bits per heavy atom. The molecule has 1 aromatic heterocycles. The number of carbonyl (C=O) groups is 3. The van der Waals surface area contributed by atoms with E-state index in [0.29, 0.717) is 38.9 Å². The molecule has 10 nitrogen and oxygen atoms in total. The highest BCUT2D eigenvalue weighted by molar-refractivity contribution is 7.09. The standard InChI is InChI=1S/C35H38N4O6S/c40-32(43-26-31-23-36-27-46-31)37-35(22-28-10-4-1-5-11-28)16-18-38(19-17-35)20-21-39(33(41)44-24-29-12-6-2-7-13-29)34(42)45-25-30-14-8-3-9-15-30/h1-15,23,27H,16-22,24-26H2,(H,37,40). The van der Waals surface area contributed by atoms with E-state index in [9.17, 15) is 14.4 Å². The van der Waals surface area contributed by atoms with Crippen molar-refractivity contribution < 1.29 is 28.6 Å². The van der Waals surface area contributed by atoms with E-state index in [1.165, 1.54) is 11.3 Å². The van der Waals surface area contributed by atoms with E-state index in [4.69, 9.17) is 14.2 Å². The zero-order valence-electron chi connectivity index (χ0n) is 25.6. The number of benzene rings is 3. The molecule has 3 aromatic carbocycles. The van der Waals surface area contributed by atoms with E-state index < -0.39 is 23.8 Å². The van der Waals surface area contributed by atoms with Crippen molar-refractivity contribution in [1.82, 2.24) is 20.1 Å². The minimum absolute atomic E-state index is 0.0403. The largest absolute Gasteiger partial charge is 0.444 e. The zero-order valence-corrected chi connectivity index (χ0v) is 26.4. The number of likely N-dealkylation sites (tertiary alicyclic amines) is 1. The van der Waals surface area contributed by atoms with E-state index in [0.717, 1.165) is 26.5 Å². The first kappa shape index (κ1) is 32.6. The first-order valence-corrected chi connectivity index (χ1v) is 16.1. The van der Waals surface area contributed by atoms with Crippen LogP contribution in [0.5, 0.6) is 0 Å². The van der Waals surface area contributed by atoms with Gasteiger partial charge in [-0.1, -0.05) is 91.0 Å². The molecule has 2 heterocycles. The topological polar surface area (TPSA) is 110 Å². The Morgan fingerprint density at radius 1 is 0.761 bits per heavy atom. The molecule has 0 atom stereocenters. The molecule has 0 radical (unpaired) electrons. The molecule has 5 rings (SSSR count). The monoisotopic (exact) mass is 642 g/mol. The molecule has 1 fully saturated rings. The van der Waals surface area contributed by atoms with Crippen molar-refractivity contribution in [3.63, 3.8) is 0 Å². The van der Waals surface area contributed by atoms with Crippen LogP contribution in [-0.2, 0) is 40.5 Å². The van der Waals surface area contributed by atoms with Gasteiger partial charge in [0.25, 0.3) is 0 Å². The first-order valence-electron chi connectivity index (χ1n) is 15.3. The Balaban J connectivity index is 1.19. The van der Waals surface area contributed by atoms with Crippen molar-refractivity contribution in [3.05, 3.63) is 124 Å². The van der Waals surface area contributed by atoms with Gasteiger partial charge in [-0.05, 0) is 36.0 Å². The number of rotatable bonds is 12. The van der Waals surface area contributed by atoms with Crippen LogP contribution in [0.2, 0.25) is 0 Å². The number of imide groups is 1. The lowest BCUT2D eigenvalue weighted by Gasteiger charge is -2.42. The van der Waals surface area contributed by atoms with Gasteiger partial charge in [0.05, 0.1) is 10.4 Å². The molecule has 1 aliphatic heterocycles. The SMILES string of the molecule is O=C(NC1(Cc2ccccc2)CCN(CCN(C(=O)OCc2ccccc2)C(=O)OCc2ccccc2)CC1)OCc1cncs1. The highest BCUT2D eigenvalue weighted by Gasteiger charge is 2.37.